The van der Waals surface area contributed by atoms with Gasteiger partial charge in [-0.1, -0.05) is 17.7 Å². The van der Waals surface area contributed by atoms with Crippen LogP contribution in [0.1, 0.15) is 25.3 Å². The summed E-state index contributed by atoms with van der Waals surface area (Å²) in [5.74, 6) is 0.168. The Bertz CT molecular complexity index is 460. The Morgan fingerprint density at radius 2 is 1.74 bits per heavy atom. The molecule has 4 nitrogen and oxygen atoms in total. The maximum atomic E-state index is 12.1. The molecule has 0 aromatic heterocycles. The molecule has 1 aliphatic rings. The number of aryl methyl sites for hydroxylation is 1. The summed E-state index contributed by atoms with van der Waals surface area (Å²) in [7, 11) is 0. The van der Waals surface area contributed by atoms with E-state index >= 15 is 0 Å². The van der Waals surface area contributed by atoms with Crippen LogP contribution in [0.5, 0.6) is 0 Å². The van der Waals surface area contributed by atoms with Crippen molar-refractivity contribution in [2.75, 3.05) is 18.4 Å². The van der Waals surface area contributed by atoms with Crippen LogP contribution in [0, 0.1) is 12.8 Å². The van der Waals surface area contributed by atoms with Crippen molar-refractivity contribution in [2.45, 2.75) is 26.7 Å². The first-order valence-corrected chi connectivity index (χ1v) is 6.69. The zero-order valence-corrected chi connectivity index (χ0v) is 11.5. The molecule has 1 heterocycles. The van der Waals surface area contributed by atoms with E-state index in [4.69, 9.17) is 0 Å². The van der Waals surface area contributed by atoms with Gasteiger partial charge >= 0.3 is 0 Å². The minimum absolute atomic E-state index is 0.0110. The highest BCUT2D eigenvalue weighted by Gasteiger charge is 2.25. The molecule has 0 radical (unpaired) electrons. The van der Waals surface area contributed by atoms with Crippen molar-refractivity contribution in [3.63, 3.8) is 0 Å². The second kappa shape index (κ2) is 5.87. The molecule has 0 saturated carbocycles. The van der Waals surface area contributed by atoms with Crippen LogP contribution in [0.25, 0.3) is 0 Å². The van der Waals surface area contributed by atoms with Crippen molar-refractivity contribution in [2.24, 2.45) is 5.92 Å². The molecule has 0 atom stereocenters. The van der Waals surface area contributed by atoms with E-state index in [1.165, 1.54) is 5.56 Å². The van der Waals surface area contributed by atoms with E-state index in [-0.39, 0.29) is 17.7 Å². The van der Waals surface area contributed by atoms with Gasteiger partial charge in [0.05, 0.1) is 0 Å². The zero-order valence-electron chi connectivity index (χ0n) is 11.5. The summed E-state index contributed by atoms with van der Waals surface area (Å²) < 4.78 is 0. The number of nitrogens with one attached hydrogen (secondary N) is 1. The molecule has 1 N–H and O–H groups in total. The van der Waals surface area contributed by atoms with E-state index in [0.29, 0.717) is 13.1 Å². The van der Waals surface area contributed by atoms with Crippen LogP contribution in [0.15, 0.2) is 24.3 Å². The largest absolute Gasteiger partial charge is 0.343 e. The van der Waals surface area contributed by atoms with Gasteiger partial charge in [-0.2, -0.15) is 0 Å². The Kier molecular flexibility index (Phi) is 4.20. The fraction of sp³-hybridized carbons (Fsp3) is 0.467. The highest BCUT2D eigenvalue weighted by atomic mass is 16.2. The SMILES string of the molecule is CC(=O)N1CCC(C(=O)Nc2ccc(C)cc2)CC1. The molecular formula is C15H20N2O2. The summed E-state index contributed by atoms with van der Waals surface area (Å²) in [5.41, 5.74) is 2.01. The quantitative estimate of drug-likeness (QED) is 0.886. The molecule has 1 aromatic carbocycles. The van der Waals surface area contributed by atoms with Crippen molar-refractivity contribution in [1.82, 2.24) is 4.90 Å². The maximum Gasteiger partial charge on any atom is 0.227 e. The van der Waals surface area contributed by atoms with Crippen molar-refractivity contribution in [3.05, 3.63) is 29.8 Å². The van der Waals surface area contributed by atoms with Gasteiger partial charge in [-0.3, -0.25) is 9.59 Å². The van der Waals surface area contributed by atoms with Crippen molar-refractivity contribution in [1.29, 1.82) is 0 Å². The fourth-order valence-electron chi connectivity index (χ4n) is 2.34. The second-order valence-electron chi connectivity index (χ2n) is 5.14. The molecular weight excluding hydrogens is 240 g/mol. The first-order valence-electron chi connectivity index (χ1n) is 6.69. The molecule has 2 rings (SSSR count). The zero-order chi connectivity index (χ0) is 13.8. The number of hydrogen-bond acceptors (Lipinski definition) is 2. The fourth-order valence-corrected chi connectivity index (χ4v) is 2.34. The molecule has 1 aliphatic heterocycles. The summed E-state index contributed by atoms with van der Waals surface area (Å²) >= 11 is 0. The summed E-state index contributed by atoms with van der Waals surface area (Å²) in [6, 6.07) is 7.79. The lowest BCUT2D eigenvalue weighted by Gasteiger charge is -2.30. The van der Waals surface area contributed by atoms with Gasteiger partial charge in [-0.15, -0.1) is 0 Å². The number of amides is 2. The van der Waals surface area contributed by atoms with E-state index in [1.54, 1.807) is 11.8 Å². The lowest BCUT2D eigenvalue weighted by molar-refractivity contribution is -0.132. The molecule has 102 valence electrons. The summed E-state index contributed by atoms with van der Waals surface area (Å²) in [5, 5.41) is 2.94. The van der Waals surface area contributed by atoms with Gasteiger partial charge in [0.1, 0.15) is 0 Å². The average molecular weight is 260 g/mol. The van der Waals surface area contributed by atoms with Crippen LogP contribution in [-0.4, -0.2) is 29.8 Å². The lowest BCUT2D eigenvalue weighted by Crippen LogP contribution is -2.40. The predicted molar refractivity (Wildman–Crippen MR) is 74.8 cm³/mol. The minimum atomic E-state index is 0.0110. The maximum absolute atomic E-state index is 12.1. The number of anilines is 1. The van der Waals surface area contributed by atoms with E-state index in [1.807, 2.05) is 31.2 Å². The number of rotatable bonds is 2. The van der Waals surface area contributed by atoms with Crippen LogP contribution in [0.2, 0.25) is 0 Å². The smallest absolute Gasteiger partial charge is 0.227 e. The normalized spacial score (nSPS) is 16.2. The van der Waals surface area contributed by atoms with Gasteiger partial charge in [-0.05, 0) is 31.9 Å². The number of likely N-dealkylation sites (tertiary alicyclic amines) is 1. The minimum Gasteiger partial charge on any atom is -0.343 e. The van der Waals surface area contributed by atoms with Gasteiger partial charge in [0.15, 0.2) is 0 Å². The van der Waals surface area contributed by atoms with Gasteiger partial charge in [0.25, 0.3) is 0 Å². The number of piperidine rings is 1. The number of benzene rings is 1. The van der Waals surface area contributed by atoms with E-state index in [0.717, 1.165) is 18.5 Å². The molecule has 0 aliphatic carbocycles. The average Bonchev–Trinajstić information content (AvgIpc) is 2.41. The van der Waals surface area contributed by atoms with Crippen molar-refractivity contribution < 1.29 is 9.59 Å². The number of hydrogen-bond donors (Lipinski definition) is 1. The monoisotopic (exact) mass is 260 g/mol. The highest BCUT2D eigenvalue weighted by molar-refractivity contribution is 5.92. The summed E-state index contributed by atoms with van der Waals surface area (Å²) in [6.07, 6.45) is 1.49. The third-order valence-electron chi connectivity index (χ3n) is 3.63. The summed E-state index contributed by atoms with van der Waals surface area (Å²) in [6.45, 7) is 4.96. The van der Waals surface area contributed by atoms with Crippen LogP contribution >= 0.6 is 0 Å². The van der Waals surface area contributed by atoms with Gasteiger partial charge in [-0.25, -0.2) is 0 Å². The Morgan fingerprint density at radius 1 is 1.16 bits per heavy atom. The first-order chi connectivity index (χ1) is 9.06. The Morgan fingerprint density at radius 3 is 2.26 bits per heavy atom. The molecule has 1 fully saturated rings. The molecule has 19 heavy (non-hydrogen) atoms. The Hall–Kier alpha value is -1.84. The third kappa shape index (κ3) is 3.56. The van der Waals surface area contributed by atoms with Gasteiger partial charge in [0, 0.05) is 31.6 Å². The molecule has 0 bridgehead atoms. The number of carbonyl (C=O) groups excluding carboxylic acids is 2. The predicted octanol–water partition coefficient (Wildman–Crippen LogP) is 2.19. The first kappa shape index (κ1) is 13.6. The van der Waals surface area contributed by atoms with Crippen LogP contribution < -0.4 is 5.32 Å². The van der Waals surface area contributed by atoms with Crippen molar-refractivity contribution >= 4 is 17.5 Å². The molecule has 1 saturated heterocycles. The van der Waals surface area contributed by atoms with Gasteiger partial charge < -0.3 is 10.2 Å². The lowest BCUT2D eigenvalue weighted by atomic mass is 9.96. The van der Waals surface area contributed by atoms with Crippen LogP contribution in [0.4, 0.5) is 5.69 Å². The molecule has 1 aromatic rings. The van der Waals surface area contributed by atoms with Gasteiger partial charge in [0.2, 0.25) is 11.8 Å². The Labute approximate surface area is 113 Å². The van der Waals surface area contributed by atoms with Crippen LogP contribution in [0.3, 0.4) is 0 Å². The highest BCUT2D eigenvalue weighted by Crippen LogP contribution is 2.19. The van der Waals surface area contributed by atoms with E-state index < -0.39 is 0 Å². The Balaban J connectivity index is 1.88. The molecule has 0 spiro atoms. The van der Waals surface area contributed by atoms with E-state index in [9.17, 15) is 9.59 Å². The number of carbonyl (C=O) groups is 2. The standard InChI is InChI=1S/C15H20N2O2/c1-11-3-5-14(6-4-11)16-15(19)13-7-9-17(10-8-13)12(2)18/h3-6,13H,7-10H2,1-2H3,(H,16,19). The van der Waals surface area contributed by atoms with Crippen molar-refractivity contribution in [3.8, 4) is 0 Å². The number of nitrogens with zero attached hydrogens (tertiary/aromatic N) is 1. The van der Waals surface area contributed by atoms with Crippen LogP contribution in [-0.2, 0) is 9.59 Å². The summed E-state index contributed by atoms with van der Waals surface area (Å²) in [4.78, 5) is 25.1. The molecule has 2 amide bonds. The molecule has 4 heteroatoms. The topological polar surface area (TPSA) is 49.4 Å². The third-order valence-corrected chi connectivity index (χ3v) is 3.63. The van der Waals surface area contributed by atoms with E-state index in [2.05, 4.69) is 5.32 Å². The second-order valence-corrected chi connectivity index (χ2v) is 5.14. The molecule has 0 unspecified atom stereocenters.